The van der Waals surface area contributed by atoms with Gasteiger partial charge in [0.25, 0.3) is 0 Å². The molecule has 7 nitrogen and oxygen atoms in total. The molecule has 0 aliphatic heterocycles. The summed E-state index contributed by atoms with van der Waals surface area (Å²) in [4.78, 5) is 8.55. The third kappa shape index (κ3) is 4.88. The summed E-state index contributed by atoms with van der Waals surface area (Å²) in [6, 6.07) is 12.0. The number of fused-ring (bicyclic) bond motifs is 1. The molecule has 3 aromatic rings. The van der Waals surface area contributed by atoms with Crippen molar-refractivity contribution in [1.29, 1.82) is 5.41 Å². The predicted molar refractivity (Wildman–Crippen MR) is 132 cm³/mol. The number of nitrogen functional groups attached to an aromatic ring is 1. The fourth-order valence-corrected chi connectivity index (χ4v) is 4.33. The highest BCUT2D eigenvalue weighted by atomic mass is 35.5. The summed E-state index contributed by atoms with van der Waals surface area (Å²) in [5.41, 5.74) is 10.0. The van der Waals surface area contributed by atoms with Crippen molar-refractivity contribution >= 4 is 28.9 Å². The molecule has 0 unspecified atom stereocenters. The van der Waals surface area contributed by atoms with E-state index in [4.69, 9.17) is 32.2 Å². The van der Waals surface area contributed by atoms with E-state index in [0.29, 0.717) is 40.1 Å². The Morgan fingerprint density at radius 3 is 2.55 bits per heavy atom. The van der Waals surface area contributed by atoms with Crippen molar-refractivity contribution in [3.8, 4) is 11.5 Å². The molecule has 1 aromatic heterocycles. The fraction of sp³-hybridized carbons (Fsp3) is 0.320. The largest absolute Gasteiger partial charge is 0.490 e. The number of hydrogen-bond acceptors (Lipinski definition) is 7. The fourth-order valence-electron chi connectivity index (χ4n) is 4.08. The summed E-state index contributed by atoms with van der Waals surface area (Å²) < 4.78 is 11.6. The molecule has 0 amide bonds. The first-order valence-corrected chi connectivity index (χ1v) is 11.4. The normalized spacial score (nSPS) is 13.1. The van der Waals surface area contributed by atoms with Gasteiger partial charge < -0.3 is 20.5 Å². The number of rotatable bonds is 8. The Bertz CT molecular complexity index is 1160. The summed E-state index contributed by atoms with van der Waals surface area (Å²) >= 11 is 6.53. The molecule has 0 fully saturated rings. The zero-order valence-electron chi connectivity index (χ0n) is 19.0. The van der Waals surface area contributed by atoms with Gasteiger partial charge in [-0.05, 0) is 56.9 Å². The minimum absolute atomic E-state index is 0.0727. The van der Waals surface area contributed by atoms with Gasteiger partial charge in [0.2, 0.25) is 0 Å². The van der Waals surface area contributed by atoms with E-state index in [9.17, 15) is 0 Å². The lowest BCUT2D eigenvalue weighted by Gasteiger charge is -2.20. The van der Waals surface area contributed by atoms with Crippen LogP contribution in [0.25, 0.3) is 0 Å². The van der Waals surface area contributed by atoms with E-state index in [1.54, 1.807) is 12.1 Å². The number of aromatic nitrogens is 2. The Labute approximate surface area is 198 Å². The van der Waals surface area contributed by atoms with E-state index in [-0.39, 0.29) is 23.7 Å². The quantitative estimate of drug-likeness (QED) is 0.409. The topological polar surface area (TPSA) is 106 Å². The first-order valence-electron chi connectivity index (χ1n) is 11.0. The first kappa shape index (κ1) is 22.9. The van der Waals surface area contributed by atoms with Crippen LogP contribution in [0, 0.1) is 5.41 Å². The smallest absolute Gasteiger partial charge is 0.180 e. The molecule has 0 saturated carbocycles. The van der Waals surface area contributed by atoms with E-state index in [1.807, 2.05) is 20.8 Å². The number of hydrogen-bond donors (Lipinski definition) is 3. The van der Waals surface area contributed by atoms with Crippen molar-refractivity contribution < 1.29 is 9.47 Å². The Hall–Kier alpha value is -3.32. The van der Waals surface area contributed by atoms with Gasteiger partial charge in [0, 0.05) is 11.6 Å². The van der Waals surface area contributed by atoms with Gasteiger partial charge >= 0.3 is 0 Å². The lowest BCUT2D eigenvalue weighted by Crippen LogP contribution is -2.23. The average Bonchev–Trinajstić information content (AvgIpc) is 3.18. The summed E-state index contributed by atoms with van der Waals surface area (Å²) in [7, 11) is 0. The van der Waals surface area contributed by atoms with Gasteiger partial charge in [0.05, 0.1) is 29.0 Å². The molecule has 0 saturated heterocycles. The SMILES string of the molecule is CCOc1cc(C(=N)c2c(N)ncnc2NC2Cc3ccccc3C2)cc(Cl)c1OC(C)C. The Morgan fingerprint density at radius 2 is 1.91 bits per heavy atom. The minimum Gasteiger partial charge on any atom is -0.490 e. The average molecular weight is 466 g/mol. The monoisotopic (exact) mass is 465 g/mol. The van der Waals surface area contributed by atoms with Crippen LogP contribution in [0.5, 0.6) is 11.5 Å². The van der Waals surface area contributed by atoms with Gasteiger partial charge in [-0.15, -0.1) is 0 Å². The van der Waals surface area contributed by atoms with Crippen LogP contribution >= 0.6 is 11.6 Å². The van der Waals surface area contributed by atoms with E-state index in [0.717, 1.165) is 12.8 Å². The van der Waals surface area contributed by atoms with Crippen molar-refractivity contribution in [2.45, 2.75) is 45.8 Å². The van der Waals surface area contributed by atoms with Crippen LogP contribution in [0.1, 0.15) is 43.0 Å². The molecule has 8 heteroatoms. The highest BCUT2D eigenvalue weighted by Gasteiger charge is 2.25. The van der Waals surface area contributed by atoms with Gasteiger partial charge in [0.1, 0.15) is 18.0 Å². The molecule has 1 aliphatic carbocycles. The molecule has 0 spiro atoms. The molecule has 4 rings (SSSR count). The highest BCUT2D eigenvalue weighted by Crippen LogP contribution is 2.38. The number of benzene rings is 2. The van der Waals surface area contributed by atoms with Crippen LogP contribution < -0.4 is 20.5 Å². The summed E-state index contributed by atoms with van der Waals surface area (Å²) in [5.74, 6) is 1.70. The van der Waals surface area contributed by atoms with Crippen LogP contribution in [0.15, 0.2) is 42.7 Å². The second-order valence-corrected chi connectivity index (χ2v) is 8.67. The molecule has 0 radical (unpaired) electrons. The number of halogens is 1. The number of nitrogens with zero attached hydrogens (tertiary/aromatic N) is 2. The zero-order valence-corrected chi connectivity index (χ0v) is 19.7. The summed E-state index contributed by atoms with van der Waals surface area (Å²) in [5, 5.41) is 12.8. The van der Waals surface area contributed by atoms with E-state index in [1.165, 1.54) is 17.5 Å². The van der Waals surface area contributed by atoms with Crippen molar-refractivity contribution in [1.82, 2.24) is 9.97 Å². The second-order valence-electron chi connectivity index (χ2n) is 8.26. The molecular formula is C25H28ClN5O2. The van der Waals surface area contributed by atoms with Gasteiger partial charge in [-0.25, -0.2) is 9.97 Å². The molecule has 1 aliphatic rings. The maximum Gasteiger partial charge on any atom is 0.180 e. The number of nitrogens with two attached hydrogens (primary N) is 1. The van der Waals surface area contributed by atoms with Crippen molar-refractivity contribution in [2.75, 3.05) is 17.7 Å². The van der Waals surface area contributed by atoms with Crippen LogP contribution in [0.2, 0.25) is 5.02 Å². The maximum absolute atomic E-state index is 8.94. The van der Waals surface area contributed by atoms with Crippen LogP contribution in [-0.4, -0.2) is 34.4 Å². The Morgan fingerprint density at radius 1 is 1.21 bits per heavy atom. The summed E-state index contributed by atoms with van der Waals surface area (Å²) in [6.45, 7) is 6.16. The molecule has 1 heterocycles. The zero-order chi connectivity index (χ0) is 23.5. The molecule has 33 heavy (non-hydrogen) atoms. The molecule has 0 bridgehead atoms. The number of anilines is 2. The van der Waals surface area contributed by atoms with Gasteiger partial charge in [-0.1, -0.05) is 35.9 Å². The van der Waals surface area contributed by atoms with Crippen molar-refractivity contribution in [3.63, 3.8) is 0 Å². The highest BCUT2D eigenvalue weighted by molar-refractivity contribution is 6.33. The Balaban J connectivity index is 1.66. The minimum atomic E-state index is -0.0727. The van der Waals surface area contributed by atoms with Crippen LogP contribution in [0.4, 0.5) is 11.6 Å². The lowest BCUT2D eigenvalue weighted by atomic mass is 10.0. The van der Waals surface area contributed by atoms with Crippen LogP contribution in [0.3, 0.4) is 0 Å². The van der Waals surface area contributed by atoms with Crippen molar-refractivity contribution in [3.05, 3.63) is 70.0 Å². The molecule has 2 aromatic carbocycles. The predicted octanol–water partition coefficient (Wildman–Crippen LogP) is 4.89. The third-order valence-electron chi connectivity index (χ3n) is 5.47. The second kappa shape index (κ2) is 9.67. The van der Waals surface area contributed by atoms with Gasteiger partial charge in [0.15, 0.2) is 11.5 Å². The molecular weight excluding hydrogens is 438 g/mol. The standard InChI is InChI=1S/C25H28ClN5O2/c1-4-32-20-12-17(11-19(26)23(20)33-14(2)3)22(27)21-24(28)29-13-30-25(21)31-18-9-15-7-5-6-8-16(15)10-18/h5-8,11-14,18,27H,4,9-10H2,1-3H3,(H3,28,29,30,31). The number of ether oxygens (including phenoxy) is 2. The third-order valence-corrected chi connectivity index (χ3v) is 5.75. The number of nitrogens with one attached hydrogen (secondary N) is 2. The lowest BCUT2D eigenvalue weighted by molar-refractivity contribution is 0.224. The molecule has 4 N–H and O–H groups in total. The van der Waals surface area contributed by atoms with Crippen molar-refractivity contribution in [2.24, 2.45) is 0 Å². The van der Waals surface area contributed by atoms with E-state index < -0.39 is 0 Å². The first-order chi connectivity index (χ1) is 15.9. The van der Waals surface area contributed by atoms with E-state index in [2.05, 4.69) is 39.6 Å². The summed E-state index contributed by atoms with van der Waals surface area (Å²) in [6.07, 6.45) is 3.11. The molecule has 0 atom stereocenters. The molecule has 172 valence electrons. The Kier molecular flexibility index (Phi) is 6.70. The maximum atomic E-state index is 8.94. The van der Waals surface area contributed by atoms with Crippen LogP contribution in [-0.2, 0) is 12.8 Å². The van der Waals surface area contributed by atoms with E-state index >= 15 is 0 Å². The van der Waals surface area contributed by atoms with Gasteiger partial charge in [-0.3, -0.25) is 5.41 Å². The van der Waals surface area contributed by atoms with Gasteiger partial charge in [-0.2, -0.15) is 0 Å².